The van der Waals surface area contributed by atoms with Gasteiger partial charge in [0.25, 0.3) is 0 Å². The van der Waals surface area contributed by atoms with Gasteiger partial charge in [0.1, 0.15) is 0 Å². The number of hydrogen-bond acceptors (Lipinski definition) is 10. The molecule has 0 bridgehead atoms. The standard InChI is InChI=1S/HIO4.H2O8S2/c2-1(3,4)5;1-9(2,3)7-8-10(4,5)6/h2H;(H,1,2,3)(H,4,5,6). The summed E-state index contributed by atoms with van der Waals surface area (Å²) in [5.41, 5.74) is 0. The van der Waals surface area contributed by atoms with Gasteiger partial charge in [0.2, 0.25) is 0 Å². The molecule has 0 atom stereocenters. The summed E-state index contributed by atoms with van der Waals surface area (Å²) in [6.45, 7) is 0. The Morgan fingerprint density at radius 1 is 0.867 bits per heavy atom. The first-order chi connectivity index (χ1) is 6.21. The van der Waals surface area contributed by atoms with Gasteiger partial charge in [-0.15, -0.1) is 0 Å². The van der Waals surface area contributed by atoms with Crippen molar-refractivity contribution in [2.24, 2.45) is 0 Å². The fourth-order valence-electron chi connectivity index (χ4n) is 0.0702. The van der Waals surface area contributed by atoms with Crippen LogP contribution in [0.2, 0.25) is 0 Å². The molecule has 0 unspecified atom stereocenters. The molecule has 0 rings (SSSR count). The Hall–Kier alpha value is 0.310. The fourth-order valence-corrected chi connectivity index (χ4v) is 0.632. The van der Waals surface area contributed by atoms with Crippen LogP contribution in [0, 0.1) is 0 Å². The Kier molecular flexibility index (Phi) is 7.25. The molecule has 94 valence electrons. The predicted octanol–water partition coefficient (Wildman–Crippen LogP) is -8.58. The summed E-state index contributed by atoms with van der Waals surface area (Å²) in [5.74, 6) is 0. The van der Waals surface area contributed by atoms with Crippen molar-refractivity contribution in [1.29, 1.82) is 0 Å². The van der Waals surface area contributed by atoms with Crippen LogP contribution in [0.4, 0.5) is 0 Å². The molecule has 0 saturated carbocycles. The van der Waals surface area contributed by atoms with Crippen molar-refractivity contribution in [1.82, 2.24) is 0 Å². The molecule has 0 saturated heterocycles. The van der Waals surface area contributed by atoms with Gasteiger partial charge in [0.05, 0.1) is 0 Å². The molecule has 0 amide bonds. The Balaban J connectivity index is 0. The van der Waals surface area contributed by atoms with Crippen molar-refractivity contribution < 1.29 is 68.4 Å². The van der Waals surface area contributed by atoms with Gasteiger partial charge in [-0.1, -0.05) is 8.67 Å². The van der Waals surface area contributed by atoms with E-state index in [1.807, 2.05) is 0 Å². The summed E-state index contributed by atoms with van der Waals surface area (Å²) >= 11 is -5.69. The largest absolute Gasteiger partial charge is 0.425 e. The summed E-state index contributed by atoms with van der Waals surface area (Å²) in [7, 11) is -10.0. The van der Waals surface area contributed by atoms with Crippen molar-refractivity contribution >= 4 is 20.8 Å². The van der Waals surface area contributed by atoms with Crippen molar-refractivity contribution in [3.63, 3.8) is 0 Å². The summed E-state index contributed by atoms with van der Waals surface area (Å²) in [6, 6.07) is 0. The quantitative estimate of drug-likeness (QED) is 0.178. The summed E-state index contributed by atoms with van der Waals surface area (Å²) in [6.07, 6.45) is 0. The SMILES string of the molecule is O=S(=O)(O)OOS(=O)(=O)O.[O-][I+3]([O-])([O-])O. The van der Waals surface area contributed by atoms with E-state index in [9.17, 15) is 16.8 Å². The molecule has 0 fully saturated rings. The third kappa shape index (κ3) is 40.6. The maximum Gasteiger partial charge on any atom is 0.425 e. The van der Waals surface area contributed by atoms with E-state index in [0.717, 1.165) is 0 Å². The smallest absolute Gasteiger partial charge is 0.262 e. The van der Waals surface area contributed by atoms with Gasteiger partial charge in [-0.05, 0) is 0 Å². The molecule has 15 heteroatoms. The molecule has 0 aliphatic carbocycles. The average molecular weight is 386 g/mol. The molecule has 3 N–H and O–H groups in total. The fraction of sp³-hybridized carbons (Fsp3) is 0. The predicted molar refractivity (Wildman–Crippen MR) is 27.5 cm³/mol. The van der Waals surface area contributed by atoms with Crippen LogP contribution in [0.15, 0.2) is 0 Å². The van der Waals surface area contributed by atoms with Crippen LogP contribution in [-0.2, 0) is 29.5 Å². The molecular formula is H3IO12S2. The van der Waals surface area contributed by atoms with Gasteiger partial charge in [0, 0.05) is 3.44 Å². The van der Waals surface area contributed by atoms with Gasteiger partial charge < -0.3 is 0 Å². The van der Waals surface area contributed by atoms with E-state index >= 15 is 0 Å². The highest BCUT2D eigenvalue weighted by Crippen LogP contribution is 1.92. The van der Waals surface area contributed by atoms with Gasteiger partial charge in [0.15, 0.2) is 0 Å². The Bertz CT molecular complexity index is 313. The monoisotopic (exact) mass is 386 g/mol. The second-order valence-electron chi connectivity index (χ2n) is 1.39. The zero-order valence-corrected chi connectivity index (χ0v) is 10.0. The molecule has 0 spiro atoms. The van der Waals surface area contributed by atoms with Crippen LogP contribution in [0.5, 0.6) is 0 Å². The van der Waals surface area contributed by atoms with Crippen LogP contribution in [0.1, 0.15) is 0 Å². The third-order valence-electron chi connectivity index (χ3n) is 0.200. The van der Waals surface area contributed by atoms with Crippen LogP contribution >= 0.6 is 0 Å². The molecular weight excluding hydrogens is 383 g/mol. The van der Waals surface area contributed by atoms with E-state index in [1.165, 1.54) is 0 Å². The maximum absolute atomic E-state index is 9.51. The third-order valence-corrected chi connectivity index (χ3v) is 0.766. The normalized spacial score (nSPS) is 12.9. The Labute approximate surface area is 89.2 Å². The van der Waals surface area contributed by atoms with E-state index < -0.39 is 40.9 Å². The molecule has 0 aliphatic rings. The van der Waals surface area contributed by atoms with Crippen LogP contribution in [0.25, 0.3) is 0 Å². The summed E-state index contributed by atoms with van der Waals surface area (Å²) in [5, 5.41) is 0. The molecule has 0 aromatic heterocycles. The number of rotatable bonds is 3. The second-order valence-corrected chi connectivity index (χ2v) is 5.63. The van der Waals surface area contributed by atoms with Crippen molar-refractivity contribution in [2.45, 2.75) is 0 Å². The van der Waals surface area contributed by atoms with Gasteiger partial charge in [-0.2, -0.15) is 16.8 Å². The lowest BCUT2D eigenvalue weighted by Crippen LogP contribution is -4.23. The number of hydrogen-bond donors (Lipinski definition) is 3. The lowest BCUT2D eigenvalue weighted by Gasteiger charge is -1.93. The highest BCUT2D eigenvalue weighted by Gasteiger charge is 2.13. The minimum Gasteiger partial charge on any atom is -0.262 e. The molecule has 0 aromatic carbocycles. The van der Waals surface area contributed by atoms with E-state index in [2.05, 4.69) is 8.67 Å². The first-order valence-corrected chi connectivity index (χ1v) is 8.50. The van der Waals surface area contributed by atoms with Crippen molar-refractivity contribution in [3.8, 4) is 0 Å². The number of halogens is 1. The molecule has 12 nitrogen and oxygen atoms in total. The van der Waals surface area contributed by atoms with Crippen molar-refractivity contribution in [2.75, 3.05) is 0 Å². The maximum atomic E-state index is 9.51. The van der Waals surface area contributed by atoms with Gasteiger partial charge >= 0.3 is 40.9 Å². The molecule has 0 aromatic rings. The topological polar surface area (TPSA) is 217 Å². The lowest BCUT2D eigenvalue weighted by atomic mass is 14.9. The first-order valence-electron chi connectivity index (χ1n) is 2.16. The van der Waals surface area contributed by atoms with E-state index in [1.54, 1.807) is 0 Å². The highest BCUT2D eigenvalue weighted by atomic mass is 127. The lowest BCUT2D eigenvalue weighted by molar-refractivity contribution is -1.92. The molecule has 0 radical (unpaired) electrons. The average Bonchev–Trinajstić information content (AvgIpc) is 1.76. The molecule has 0 heterocycles. The highest BCUT2D eigenvalue weighted by molar-refractivity contribution is 7.83. The Morgan fingerprint density at radius 3 is 1.07 bits per heavy atom. The van der Waals surface area contributed by atoms with Crippen LogP contribution < -0.4 is 30.4 Å². The minimum atomic E-state index is -5.69. The van der Waals surface area contributed by atoms with Crippen molar-refractivity contribution in [3.05, 3.63) is 0 Å². The van der Waals surface area contributed by atoms with E-state index in [0.29, 0.717) is 0 Å². The van der Waals surface area contributed by atoms with Crippen LogP contribution in [-0.4, -0.2) is 29.4 Å². The second kappa shape index (κ2) is 6.15. The Morgan fingerprint density at radius 2 is 1.00 bits per heavy atom. The summed E-state index contributed by atoms with van der Waals surface area (Å²) in [4.78, 5) is 0. The van der Waals surface area contributed by atoms with E-state index in [4.69, 9.17) is 22.8 Å². The first kappa shape index (κ1) is 17.7. The van der Waals surface area contributed by atoms with Crippen LogP contribution in [0.3, 0.4) is 0 Å². The van der Waals surface area contributed by atoms with Gasteiger partial charge in [-0.3, -0.25) is 19.4 Å². The zero-order valence-electron chi connectivity index (χ0n) is 6.21. The molecule has 0 aliphatic heterocycles. The molecule has 15 heavy (non-hydrogen) atoms. The van der Waals surface area contributed by atoms with Gasteiger partial charge in [-0.25, -0.2) is 0 Å². The minimum absolute atomic E-state index is 2.78. The zero-order chi connectivity index (χ0) is 12.9. The van der Waals surface area contributed by atoms with E-state index in [-0.39, 0.29) is 0 Å². The summed E-state index contributed by atoms with van der Waals surface area (Å²) < 4.78 is 92.1.